The number of nitrogens with two attached hydrogens (primary N) is 1. The van der Waals surface area contributed by atoms with Gasteiger partial charge in [-0.2, -0.15) is 0 Å². The summed E-state index contributed by atoms with van der Waals surface area (Å²) in [6, 6.07) is 3.79. The van der Waals surface area contributed by atoms with E-state index in [0.29, 0.717) is 11.0 Å². The third-order valence-electron chi connectivity index (χ3n) is 3.30. The average molecular weight is 355 g/mol. The normalized spacial score (nSPS) is 12.2. The third-order valence-corrected chi connectivity index (χ3v) is 4.94. The van der Waals surface area contributed by atoms with Crippen LogP contribution >= 0.6 is 23.4 Å². The fourth-order valence-electron chi connectivity index (χ4n) is 2.17. The number of hydrogen-bond donors (Lipinski definition) is 1. The molecule has 0 aliphatic rings. The van der Waals surface area contributed by atoms with Crippen LogP contribution in [0.5, 0.6) is 5.75 Å². The summed E-state index contributed by atoms with van der Waals surface area (Å²) in [5, 5.41) is 9.57. The van der Waals surface area contributed by atoms with Crippen LogP contribution in [0.4, 0.5) is 0 Å². The van der Waals surface area contributed by atoms with E-state index in [-0.39, 0.29) is 11.9 Å². The molecule has 1 atom stereocenters. The molecule has 0 saturated heterocycles. The molecule has 23 heavy (non-hydrogen) atoms. The van der Waals surface area contributed by atoms with Crippen LogP contribution in [0.3, 0.4) is 0 Å². The maximum Gasteiger partial charge on any atom is 0.227 e. The Kier molecular flexibility index (Phi) is 5.54. The van der Waals surface area contributed by atoms with Gasteiger partial charge in [-0.25, -0.2) is 0 Å². The van der Waals surface area contributed by atoms with Crippen LogP contribution in [0.15, 0.2) is 17.3 Å². The average Bonchev–Trinajstić information content (AvgIpc) is 2.83. The van der Waals surface area contributed by atoms with Gasteiger partial charge in [0.1, 0.15) is 5.75 Å². The maximum absolute atomic E-state index is 10.9. The van der Waals surface area contributed by atoms with Crippen molar-refractivity contribution in [1.29, 1.82) is 0 Å². The Bertz CT molecular complexity index is 709. The molecule has 0 saturated carbocycles. The van der Waals surface area contributed by atoms with Crippen molar-refractivity contribution in [2.24, 2.45) is 12.8 Å². The van der Waals surface area contributed by atoms with Crippen LogP contribution in [0.2, 0.25) is 5.02 Å². The Morgan fingerprint density at radius 3 is 2.57 bits per heavy atom. The first-order chi connectivity index (χ1) is 10.8. The van der Waals surface area contributed by atoms with Gasteiger partial charge in [0.05, 0.1) is 5.75 Å². The number of carbonyl (C=O) groups is 1. The van der Waals surface area contributed by atoms with Crippen LogP contribution in [0.25, 0.3) is 0 Å². The fraction of sp³-hybridized carbons (Fsp3) is 0.400. The van der Waals surface area contributed by atoms with E-state index in [9.17, 15) is 4.79 Å². The molecular formula is C15H19ClN4O2S. The third kappa shape index (κ3) is 4.17. The summed E-state index contributed by atoms with van der Waals surface area (Å²) < 4.78 is 7.75. The molecule has 1 unspecified atom stereocenters. The first kappa shape index (κ1) is 17.6. The van der Waals surface area contributed by atoms with Gasteiger partial charge in [-0.1, -0.05) is 23.4 Å². The molecular weight excluding hydrogens is 336 g/mol. The predicted molar refractivity (Wildman–Crippen MR) is 90.9 cm³/mol. The van der Waals surface area contributed by atoms with Crippen molar-refractivity contribution in [2.45, 2.75) is 32.0 Å². The molecule has 2 rings (SSSR count). The largest absolute Gasteiger partial charge is 0.483 e. The Hall–Kier alpha value is -1.73. The van der Waals surface area contributed by atoms with Crippen LogP contribution < -0.4 is 10.5 Å². The second kappa shape index (κ2) is 7.23. The van der Waals surface area contributed by atoms with Gasteiger partial charge in [0, 0.05) is 12.1 Å². The van der Waals surface area contributed by atoms with Gasteiger partial charge in [0.25, 0.3) is 0 Å². The number of aryl methyl sites for hydroxylation is 2. The molecule has 0 radical (unpaired) electrons. The van der Waals surface area contributed by atoms with E-state index >= 15 is 0 Å². The number of carbonyl (C=O) groups excluding carboxylic acids is 1. The monoisotopic (exact) mass is 354 g/mol. The molecule has 8 heteroatoms. The van der Waals surface area contributed by atoms with Crippen molar-refractivity contribution < 1.29 is 9.53 Å². The van der Waals surface area contributed by atoms with E-state index in [1.54, 1.807) is 4.57 Å². The zero-order valence-corrected chi connectivity index (χ0v) is 15.0. The Morgan fingerprint density at radius 2 is 2.00 bits per heavy atom. The molecule has 1 aromatic heterocycles. The van der Waals surface area contributed by atoms with E-state index in [4.69, 9.17) is 22.1 Å². The first-order valence-corrected chi connectivity index (χ1v) is 8.39. The lowest BCUT2D eigenvalue weighted by molar-refractivity contribution is -0.115. The molecule has 1 amide bonds. The van der Waals surface area contributed by atoms with Crippen molar-refractivity contribution in [3.63, 3.8) is 0 Å². The molecule has 0 fully saturated rings. The zero-order valence-electron chi connectivity index (χ0n) is 13.5. The van der Waals surface area contributed by atoms with Gasteiger partial charge < -0.3 is 15.0 Å². The lowest BCUT2D eigenvalue weighted by atomic mass is 10.1. The Balaban J connectivity index is 2.15. The Labute approximate surface area is 144 Å². The van der Waals surface area contributed by atoms with E-state index < -0.39 is 5.91 Å². The summed E-state index contributed by atoms with van der Waals surface area (Å²) in [5.41, 5.74) is 7.07. The lowest BCUT2D eigenvalue weighted by Crippen LogP contribution is -2.14. The number of aromatic nitrogens is 3. The highest BCUT2D eigenvalue weighted by atomic mass is 35.5. The van der Waals surface area contributed by atoms with Gasteiger partial charge in [0.2, 0.25) is 5.91 Å². The van der Waals surface area contributed by atoms with Crippen molar-refractivity contribution in [2.75, 3.05) is 5.75 Å². The summed E-state index contributed by atoms with van der Waals surface area (Å²) >= 11 is 7.42. The minimum Gasteiger partial charge on any atom is -0.483 e. The fourth-order valence-corrected chi connectivity index (χ4v) is 2.94. The molecule has 0 aliphatic heterocycles. The maximum atomic E-state index is 10.9. The number of primary amides is 1. The van der Waals surface area contributed by atoms with E-state index in [0.717, 1.165) is 21.9 Å². The standard InChI is InChI=1S/C15H19ClN4O2S/c1-8-5-11(6-9(2)13(8)16)22-10(3)14-18-19-15(20(14)4)23-7-12(17)21/h5-6,10H,7H2,1-4H3,(H2,17,21). The summed E-state index contributed by atoms with van der Waals surface area (Å²) in [7, 11) is 1.83. The van der Waals surface area contributed by atoms with Crippen LogP contribution in [0, 0.1) is 13.8 Å². The number of thioether (sulfide) groups is 1. The number of nitrogens with zero attached hydrogens (tertiary/aromatic N) is 3. The van der Waals surface area contributed by atoms with Crippen molar-refractivity contribution >= 4 is 29.3 Å². The van der Waals surface area contributed by atoms with Gasteiger partial charge in [-0.05, 0) is 44.0 Å². The Morgan fingerprint density at radius 1 is 1.39 bits per heavy atom. The molecule has 6 nitrogen and oxygen atoms in total. The zero-order chi connectivity index (χ0) is 17.1. The molecule has 0 aliphatic carbocycles. The van der Waals surface area contributed by atoms with E-state index in [1.165, 1.54) is 11.8 Å². The number of halogens is 1. The highest BCUT2D eigenvalue weighted by molar-refractivity contribution is 7.99. The molecule has 0 spiro atoms. The molecule has 0 bridgehead atoms. The minimum atomic E-state index is -0.393. The van der Waals surface area contributed by atoms with Gasteiger partial charge >= 0.3 is 0 Å². The van der Waals surface area contributed by atoms with Crippen molar-refractivity contribution in [1.82, 2.24) is 14.8 Å². The van der Waals surface area contributed by atoms with E-state index in [1.807, 2.05) is 40.0 Å². The summed E-state index contributed by atoms with van der Waals surface area (Å²) in [6.45, 7) is 5.77. The smallest absolute Gasteiger partial charge is 0.227 e. The highest BCUT2D eigenvalue weighted by Gasteiger charge is 2.18. The first-order valence-electron chi connectivity index (χ1n) is 7.03. The van der Waals surface area contributed by atoms with Crippen LogP contribution in [-0.2, 0) is 11.8 Å². The highest BCUT2D eigenvalue weighted by Crippen LogP contribution is 2.29. The number of ether oxygens (including phenoxy) is 1. The lowest BCUT2D eigenvalue weighted by Gasteiger charge is -2.16. The molecule has 1 heterocycles. The molecule has 1 aromatic carbocycles. The molecule has 2 N–H and O–H groups in total. The summed E-state index contributed by atoms with van der Waals surface area (Å²) in [6.07, 6.45) is -0.296. The SMILES string of the molecule is Cc1cc(OC(C)c2nnc(SCC(N)=O)n2C)cc(C)c1Cl. The van der Waals surface area contributed by atoms with Crippen LogP contribution in [-0.4, -0.2) is 26.4 Å². The van der Waals surface area contributed by atoms with Crippen LogP contribution in [0.1, 0.15) is 30.0 Å². The minimum absolute atomic E-state index is 0.163. The van der Waals surface area contributed by atoms with Crippen molar-refractivity contribution in [3.05, 3.63) is 34.1 Å². The quantitative estimate of drug-likeness (QED) is 0.806. The second-order valence-electron chi connectivity index (χ2n) is 5.29. The summed E-state index contributed by atoms with van der Waals surface area (Å²) in [5.74, 6) is 1.17. The van der Waals surface area contributed by atoms with E-state index in [2.05, 4.69) is 10.2 Å². The van der Waals surface area contributed by atoms with Crippen molar-refractivity contribution in [3.8, 4) is 5.75 Å². The number of hydrogen-bond acceptors (Lipinski definition) is 5. The van der Waals surface area contributed by atoms with Gasteiger partial charge in [0.15, 0.2) is 17.1 Å². The second-order valence-corrected chi connectivity index (χ2v) is 6.61. The summed E-state index contributed by atoms with van der Waals surface area (Å²) in [4.78, 5) is 10.9. The topological polar surface area (TPSA) is 83.0 Å². The van der Waals surface area contributed by atoms with Gasteiger partial charge in [-0.3, -0.25) is 4.79 Å². The number of benzene rings is 1. The molecule has 2 aromatic rings. The molecule has 124 valence electrons. The predicted octanol–water partition coefficient (Wildman–Crippen LogP) is 2.80. The number of amides is 1. The number of rotatable bonds is 6. The van der Waals surface area contributed by atoms with Gasteiger partial charge in [-0.15, -0.1) is 10.2 Å².